The van der Waals surface area contributed by atoms with Crippen molar-refractivity contribution in [2.45, 2.75) is 65.1 Å². The molecule has 3 rings (SSSR count). The van der Waals surface area contributed by atoms with Gasteiger partial charge in [0.2, 0.25) is 0 Å². The number of piperazine rings is 1. The molecular formula is C26H35FN2O2. The lowest BCUT2D eigenvalue weighted by atomic mass is 9.82. The molecule has 2 aromatic rings. The summed E-state index contributed by atoms with van der Waals surface area (Å²) in [4.78, 5) is 17.1. The van der Waals surface area contributed by atoms with E-state index in [1.165, 1.54) is 17.7 Å². The van der Waals surface area contributed by atoms with Gasteiger partial charge in [-0.05, 0) is 61.1 Å². The van der Waals surface area contributed by atoms with E-state index >= 15 is 0 Å². The summed E-state index contributed by atoms with van der Waals surface area (Å²) >= 11 is 0. The lowest BCUT2D eigenvalue weighted by molar-refractivity contribution is -0.139. The van der Waals surface area contributed by atoms with Gasteiger partial charge in [0.25, 0.3) is 5.91 Å². The molecule has 2 aromatic carbocycles. The largest absolute Gasteiger partial charge is 0.484 e. The summed E-state index contributed by atoms with van der Waals surface area (Å²) in [6.07, 6.45) is 1.06. The third-order valence-electron chi connectivity index (χ3n) is 6.62. The topological polar surface area (TPSA) is 32.8 Å². The number of ether oxygens (including phenoxy) is 1. The summed E-state index contributed by atoms with van der Waals surface area (Å²) in [6, 6.07) is 15.0. The van der Waals surface area contributed by atoms with Crippen LogP contribution in [0.2, 0.25) is 0 Å². The van der Waals surface area contributed by atoms with E-state index in [1.54, 1.807) is 0 Å². The summed E-state index contributed by atoms with van der Waals surface area (Å²) in [6.45, 7) is 13.1. The maximum Gasteiger partial charge on any atom is 0.260 e. The van der Waals surface area contributed by atoms with Crippen LogP contribution in [0.3, 0.4) is 0 Å². The third-order valence-corrected chi connectivity index (χ3v) is 6.62. The van der Waals surface area contributed by atoms with Crippen LogP contribution in [0.5, 0.6) is 5.75 Å². The molecule has 0 N–H and O–H groups in total. The van der Waals surface area contributed by atoms with Crippen LogP contribution in [-0.4, -0.2) is 47.5 Å². The molecule has 1 heterocycles. The van der Waals surface area contributed by atoms with Crippen molar-refractivity contribution in [1.82, 2.24) is 9.80 Å². The first-order valence-corrected chi connectivity index (χ1v) is 11.2. The SMILES string of the molecule is CCC(C)(C)c1ccc(OCC(=O)N2C[C@H](C)N(Cc3ccc(F)cc3)C[C@H]2C)cc1. The van der Waals surface area contributed by atoms with Crippen LogP contribution in [-0.2, 0) is 16.8 Å². The second kappa shape index (κ2) is 9.82. The lowest BCUT2D eigenvalue weighted by Gasteiger charge is -2.44. The standard InChI is InChI=1S/C26H35FN2O2/c1-6-26(4,5)22-9-13-24(14-10-22)31-18-25(30)29-16-19(2)28(15-20(29)3)17-21-7-11-23(27)12-8-21/h7-14,19-20H,6,15-18H2,1-5H3/t19-,20+/m0/s1. The van der Waals surface area contributed by atoms with Crippen LogP contribution in [0.25, 0.3) is 0 Å². The molecule has 0 unspecified atom stereocenters. The maximum atomic E-state index is 13.2. The van der Waals surface area contributed by atoms with Gasteiger partial charge in [-0.1, -0.05) is 45.0 Å². The number of carbonyl (C=O) groups is 1. The summed E-state index contributed by atoms with van der Waals surface area (Å²) < 4.78 is 19.0. The van der Waals surface area contributed by atoms with E-state index in [4.69, 9.17) is 4.74 Å². The Kier molecular flexibility index (Phi) is 7.37. The first kappa shape index (κ1) is 23.3. The number of amides is 1. The van der Waals surface area contributed by atoms with Crippen LogP contribution in [0.4, 0.5) is 4.39 Å². The van der Waals surface area contributed by atoms with Gasteiger partial charge < -0.3 is 9.64 Å². The number of carbonyl (C=O) groups excluding carboxylic acids is 1. The van der Waals surface area contributed by atoms with Crippen molar-refractivity contribution in [3.8, 4) is 5.75 Å². The molecular weight excluding hydrogens is 391 g/mol. The van der Waals surface area contributed by atoms with E-state index in [0.717, 1.165) is 30.8 Å². The van der Waals surface area contributed by atoms with Gasteiger partial charge in [0, 0.05) is 31.7 Å². The lowest BCUT2D eigenvalue weighted by Crippen LogP contribution is -2.58. The molecule has 0 saturated carbocycles. The molecule has 31 heavy (non-hydrogen) atoms. The Morgan fingerprint density at radius 1 is 1.03 bits per heavy atom. The van der Waals surface area contributed by atoms with Gasteiger partial charge in [0.1, 0.15) is 11.6 Å². The zero-order chi connectivity index (χ0) is 22.6. The zero-order valence-electron chi connectivity index (χ0n) is 19.4. The maximum absolute atomic E-state index is 13.2. The van der Waals surface area contributed by atoms with Gasteiger partial charge in [-0.3, -0.25) is 9.69 Å². The van der Waals surface area contributed by atoms with Crippen molar-refractivity contribution in [3.05, 3.63) is 65.5 Å². The molecule has 1 fully saturated rings. The van der Waals surface area contributed by atoms with Crippen molar-refractivity contribution >= 4 is 5.91 Å². The van der Waals surface area contributed by atoms with E-state index in [2.05, 4.69) is 51.7 Å². The number of hydrogen-bond acceptors (Lipinski definition) is 3. The van der Waals surface area contributed by atoms with Crippen LogP contribution >= 0.6 is 0 Å². The Hall–Kier alpha value is -2.40. The van der Waals surface area contributed by atoms with Crippen LogP contribution in [0, 0.1) is 5.82 Å². The molecule has 1 amide bonds. The van der Waals surface area contributed by atoms with Crippen LogP contribution < -0.4 is 4.74 Å². The van der Waals surface area contributed by atoms with Crippen LogP contribution in [0.1, 0.15) is 52.2 Å². The van der Waals surface area contributed by atoms with Crippen molar-refractivity contribution in [3.63, 3.8) is 0 Å². The number of benzene rings is 2. The van der Waals surface area contributed by atoms with Crippen LogP contribution in [0.15, 0.2) is 48.5 Å². The molecule has 1 saturated heterocycles. The van der Waals surface area contributed by atoms with Crippen molar-refractivity contribution < 1.29 is 13.9 Å². The summed E-state index contributed by atoms with van der Waals surface area (Å²) in [5.41, 5.74) is 2.49. The second-order valence-electron chi connectivity index (χ2n) is 9.35. The second-order valence-corrected chi connectivity index (χ2v) is 9.35. The van der Waals surface area contributed by atoms with E-state index in [9.17, 15) is 9.18 Å². The molecule has 0 aliphatic carbocycles. The highest BCUT2D eigenvalue weighted by molar-refractivity contribution is 5.78. The van der Waals surface area contributed by atoms with E-state index in [-0.39, 0.29) is 35.8 Å². The van der Waals surface area contributed by atoms with Gasteiger partial charge >= 0.3 is 0 Å². The Labute approximate surface area is 186 Å². The van der Waals surface area contributed by atoms with Gasteiger partial charge in [-0.25, -0.2) is 4.39 Å². The fourth-order valence-electron chi connectivity index (χ4n) is 4.02. The molecule has 5 heteroatoms. The fraction of sp³-hybridized carbons (Fsp3) is 0.500. The Bertz CT molecular complexity index is 864. The van der Waals surface area contributed by atoms with Gasteiger partial charge in [0.15, 0.2) is 6.61 Å². The molecule has 1 aliphatic heterocycles. The highest BCUT2D eigenvalue weighted by Crippen LogP contribution is 2.28. The molecule has 1 aliphatic rings. The summed E-state index contributed by atoms with van der Waals surface area (Å²) in [5.74, 6) is 0.516. The minimum absolute atomic E-state index is 0.0127. The van der Waals surface area contributed by atoms with Gasteiger partial charge in [0.05, 0.1) is 0 Å². The van der Waals surface area contributed by atoms with E-state index in [1.807, 2.05) is 29.2 Å². The molecule has 4 nitrogen and oxygen atoms in total. The number of halogens is 1. The smallest absolute Gasteiger partial charge is 0.260 e. The minimum atomic E-state index is -0.218. The highest BCUT2D eigenvalue weighted by atomic mass is 19.1. The van der Waals surface area contributed by atoms with Crippen molar-refractivity contribution in [2.75, 3.05) is 19.7 Å². The highest BCUT2D eigenvalue weighted by Gasteiger charge is 2.32. The number of nitrogens with zero attached hydrogens (tertiary/aromatic N) is 2. The minimum Gasteiger partial charge on any atom is -0.484 e. The average Bonchev–Trinajstić information content (AvgIpc) is 2.76. The predicted octanol–water partition coefficient (Wildman–Crippen LogP) is 5.01. The zero-order valence-corrected chi connectivity index (χ0v) is 19.4. The molecule has 2 atom stereocenters. The van der Waals surface area contributed by atoms with Crippen molar-refractivity contribution in [2.24, 2.45) is 0 Å². The molecule has 0 aromatic heterocycles. The Morgan fingerprint density at radius 2 is 1.68 bits per heavy atom. The summed E-state index contributed by atoms with van der Waals surface area (Å²) in [5, 5.41) is 0. The predicted molar refractivity (Wildman–Crippen MR) is 123 cm³/mol. The third kappa shape index (κ3) is 5.85. The van der Waals surface area contributed by atoms with E-state index in [0.29, 0.717) is 6.54 Å². The quantitative estimate of drug-likeness (QED) is 0.624. The molecule has 0 radical (unpaired) electrons. The molecule has 0 spiro atoms. The number of rotatable bonds is 7. The molecule has 0 bridgehead atoms. The van der Waals surface area contributed by atoms with Gasteiger partial charge in [-0.15, -0.1) is 0 Å². The van der Waals surface area contributed by atoms with Gasteiger partial charge in [-0.2, -0.15) is 0 Å². The average molecular weight is 427 g/mol. The Balaban J connectivity index is 1.53. The first-order valence-electron chi connectivity index (χ1n) is 11.2. The Morgan fingerprint density at radius 3 is 2.29 bits per heavy atom. The van der Waals surface area contributed by atoms with Crippen molar-refractivity contribution in [1.29, 1.82) is 0 Å². The van der Waals surface area contributed by atoms with E-state index < -0.39 is 0 Å². The molecule has 168 valence electrons. The monoisotopic (exact) mass is 426 g/mol. The first-order chi connectivity index (χ1) is 14.7. The number of hydrogen-bond donors (Lipinski definition) is 0. The fourth-order valence-corrected chi connectivity index (χ4v) is 4.02. The normalized spacial score (nSPS) is 20.0. The summed E-state index contributed by atoms with van der Waals surface area (Å²) in [7, 11) is 0.